The minimum Gasteiger partial charge on any atom is -0.496 e. The van der Waals surface area contributed by atoms with E-state index < -0.39 is 6.10 Å². The standard InChI is InChI=1S/C21H17BrN2O4/c1-26-17-7-6-13(8-16(17)22)11-23-24-21(25)20-12-27-18-9-14-4-2-3-5-15(14)10-19(18)28-20/h2-11,20H,12H2,1H3,(H,24,25)/b23-11-/t20-/m1/s1. The van der Waals surface area contributed by atoms with Gasteiger partial charge in [0.05, 0.1) is 17.8 Å². The summed E-state index contributed by atoms with van der Waals surface area (Å²) in [6.07, 6.45) is 0.779. The number of nitrogens with one attached hydrogen (secondary N) is 1. The third kappa shape index (κ3) is 3.80. The fraction of sp³-hybridized carbons (Fsp3) is 0.143. The zero-order valence-corrected chi connectivity index (χ0v) is 16.6. The largest absolute Gasteiger partial charge is 0.496 e. The van der Waals surface area contributed by atoms with E-state index in [-0.39, 0.29) is 12.5 Å². The number of carbonyl (C=O) groups is 1. The molecule has 4 rings (SSSR count). The van der Waals surface area contributed by atoms with Crippen LogP contribution in [0.25, 0.3) is 10.8 Å². The number of amides is 1. The summed E-state index contributed by atoms with van der Waals surface area (Å²) in [5.41, 5.74) is 3.31. The lowest BCUT2D eigenvalue weighted by molar-refractivity contribution is -0.130. The summed E-state index contributed by atoms with van der Waals surface area (Å²) in [6, 6.07) is 17.2. The number of nitrogens with zero attached hydrogens (tertiary/aromatic N) is 1. The molecule has 0 saturated carbocycles. The third-order valence-electron chi connectivity index (χ3n) is 4.33. The molecule has 1 heterocycles. The molecule has 0 radical (unpaired) electrons. The maximum atomic E-state index is 12.4. The Hall–Kier alpha value is -3.06. The predicted octanol–water partition coefficient (Wildman–Crippen LogP) is 3.90. The highest BCUT2D eigenvalue weighted by atomic mass is 79.9. The summed E-state index contributed by atoms with van der Waals surface area (Å²) in [5, 5.41) is 6.08. The van der Waals surface area contributed by atoms with Crippen LogP contribution in [0.4, 0.5) is 0 Å². The zero-order chi connectivity index (χ0) is 19.5. The maximum Gasteiger partial charge on any atom is 0.284 e. The molecule has 1 aliphatic heterocycles. The van der Waals surface area contributed by atoms with E-state index in [4.69, 9.17) is 14.2 Å². The van der Waals surface area contributed by atoms with Crippen molar-refractivity contribution < 1.29 is 19.0 Å². The molecule has 0 saturated heterocycles. The van der Waals surface area contributed by atoms with Gasteiger partial charge < -0.3 is 14.2 Å². The lowest BCUT2D eigenvalue weighted by Crippen LogP contribution is -2.42. The van der Waals surface area contributed by atoms with Crippen LogP contribution in [0.2, 0.25) is 0 Å². The first-order valence-electron chi connectivity index (χ1n) is 8.63. The minimum absolute atomic E-state index is 0.126. The number of hydrazone groups is 1. The topological polar surface area (TPSA) is 69.2 Å². The second-order valence-electron chi connectivity index (χ2n) is 6.19. The van der Waals surface area contributed by atoms with Gasteiger partial charge in [-0.25, -0.2) is 5.43 Å². The van der Waals surface area contributed by atoms with Crippen LogP contribution in [-0.4, -0.2) is 31.9 Å². The summed E-state index contributed by atoms with van der Waals surface area (Å²) in [7, 11) is 1.60. The van der Waals surface area contributed by atoms with Crippen LogP contribution >= 0.6 is 15.9 Å². The molecule has 1 atom stereocenters. The Morgan fingerprint density at radius 2 is 1.93 bits per heavy atom. The van der Waals surface area contributed by atoms with Crippen LogP contribution in [0.3, 0.4) is 0 Å². The molecule has 1 aliphatic rings. The molecule has 0 bridgehead atoms. The number of hydrogen-bond donors (Lipinski definition) is 1. The molecule has 6 nitrogen and oxygen atoms in total. The number of methoxy groups -OCH3 is 1. The van der Waals surface area contributed by atoms with Crippen molar-refractivity contribution in [2.24, 2.45) is 5.10 Å². The SMILES string of the molecule is COc1ccc(/C=N\NC(=O)[C@H]2COc3cc4ccccc4cc3O2)cc1Br. The van der Waals surface area contributed by atoms with Gasteiger partial charge in [0, 0.05) is 0 Å². The van der Waals surface area contributed by atoms with Gasteiger partial charge in [0.2, 0.25) is 6.10 Å². The van der Waals surface area contributed by atoms with E-state index in [0.717, 1.165) is 26.6 Å². The Labute approximate surface area is 170 Å². The molecule has 28 heavy (non-hydrogen) atoms. The fourth-order valence-corrected chi connectivity index (χ4v) is 3.45. The van der Waals surface area contributed by atoms with Gasteiger partial charge in [-0.05, 0) is 62.6 Å². The number of carbonyl (C=O) groups excluding carboxylic acids is 1. The van der Waals surface area contributed by atoms with E-state index in [1.54, 1.807) is 13.3 Å². The molecule has 3 aromatic carbocycles. The van der Waals surface area contributed by atoms with Gasteiger partial charge >= 0.3 is 0 Å². The molecule has 0 fully saturated rings. The van der Waals surface area contributed by atoms with Crippen LogP contribution in [0, 0.1) is 0 Å². The van der Waals surface area contributed by atoms with Crippen LogP contribution in [0.15, 0.2) is 64.2 Å². The minimum atomic E-state index is -0.770. The second kappa shape index (κ2) is 7.90. The smallest absolute Gasteiger partial charge is 0.284 e. The van der Waals surface area contributed by atoms with Gasteiger partial charge in [-0.2, -0.15) is 5.10 Å². The number of ether oxygens (including phenoxy) is 3. The number of halogens is 1. The van der Waals surface area contributed by atoms with Crippen molar-refractivity contribution in [1.29, 1.82) is 0 Å². The van der Waals surface area contributed by atoms with E-state index in [1.165, 1.54) is 0 Å². The van der Waals surface area contributed by atoms with E-state index >= 15 is 0 Å². The summed E-state index contributed by atoms with van der Waals surface area (Å²) in [4.78, 5) is 12.4. The van der Waals surface area contributed by atoms with Crippen LogP contribution in [-0.2, 0) is 4.79 Å². The average molecular weight is 441 g/mol. The van der Waals surface area contributed by atoms with Gasteiger partial charge in [-0.3, -0.25) is 4.79 Å². The van der Waals surface area contributed by atoms with E-state index in [1.807, 2.05) is 54.6 Å². The normalized spacial score (nSPS) is 15.6. The van der Waals surface area contributed by atoms with Crippen molar-refractivity contribution in [3.63, 3.8) is 0 Å². The lowest BCUT2D eigenvalue weighted by Gasteiger charge is -2.25. The quantitative estimate of drug-likeness (QED) is 0.493. The van der Waals surface area contributed by atoms with Crippen LogP contribution in [0.1, 0.15) is 5.56 Å². The van der Waals surface area contributed by atoms with Gasteiger partial charge in [-0.1, -0.05) is 24.3 Å². The number of fused-ring (bicyclic) bond motifs is 2. The fourth-order valence-electron chi connectivity index (χ4n) is 2.89. The first-order chi connectivity index (χ1) is 13.6. The van der Waals surface area contributed by atoms with E-state index in [0.29, 0.717) is 11.5 Å². The number of rotatable bonds is 4. The number of hydrogen-bond acceptors (Lipinski definition) is 5. The molecule has 0 unspecified atom stereocenters. The van der Waals surface area contributed by atoms with Crippen LogP contribution < -0.4 is 19.6 Å². The van der Waals surface area contributed by atoms with Crippen molar-refractivity contribution in [3.8, 4) is 17.2 Å². The Morgan fingerprint density at radius 1 is 1.18 bits per heavy atom. The molecule has 0 aliphatic carbocycles. The third-order valence-corrected chi connectivity index (χ3v) is 4.95. The molecule has 1 amide bonds. The summed E-state index contributed by atoms with van der Waals surface area (Å²) >= 11 is 3.41. The van der Waals surface area contributed by atoms with Gasteiger partial charge in [0.15, 0.2) is 11.5 Å². The lowest BCUT2D eigenvalue weighted by atomic mass is 10.1. The van der Waals surface area contributed by atoms with Gasteiger partial charge in [-0.15, -0.1) is 0 Å². The zero-order valence-electron chi connectivity index (χ0n) is 15.0. The van der Waals surface area contributed by atoms with E-state index in [9.17, 15) is 4.79 Å². The maximum absolute atomic E-state index is 12.4. The second-order valence-corrected chi connectivity index (χ2v) is 7.05. The molecule has 3 aromatic rings. The van der Waals surface area contributed by atoms with Gasteiger partial charge in [0.1, 0.15) is 12.4 Å². The molecule has 142 valence electrons. The Morgan fingerprint density at radius 3 is 2.64 bits per heavy atom. The van der Waals surface area contributed by atoms with E-state index in [2.05, 4.69) is 26.5 Å². The highest BCUT2D eigenvalue weighted by Gasteiger charge is 2.27. The highest BCUT2D eigenvalue weighted by Crippen LogP contribution is 2.35. The molecule has 0 spiro atoms. The van der Waals surface area contributed by atoms with Crippen molar-refractivity contribution >= 4 is 38.8 Å². The number of benzene rings is 3. The summed E-state index contributed by atoms with van der Waals surface area (Å²) in [6.45, 7) is 0.126. The summed E-state index contributed by atoms with van der Waals surface area (Å²) in [5.74, 6) is 1.53. The monoisotopic (exact) mass is 440 g/mol. The predicted molar refractivity (Wildman–Crippen MR) is 110 cm³/mol. The summed E-state index contributed by atoms with van der Waals surface area (Å²) < 4.78 is 17.5. The molecular weight excluding hydrogens is 424 g/mol. The van der Waals surface area contributed by atoms with Crippen LogP contribution in [0.5, 0.6) is 17.2 Å². The van der Waals surface area contributed by atoms with Crippen molar-refractivity contribution in [3.05, 3.63) is 64.6 Å². The molecule has 7 heteroatoms. The van der Waals surface area contributed by atoms with Gasteiger partial charge in [0.25, 0.3) is 5.91 Å². The Balaban J connectivity index is 1.42. The molecule has 1 N–H and O–H groups in total. The highest BCUT2D eigenvalue weighted by molar-refractivity contribution is 9.10. The van der Waals surface area contributed by atoms with Crippen molar-refractivity contribution in [1.82, 2.24) is 5.43 Å². The molecule has 0 aromatic heterocycles. The molecular formula is C21H17BrN2O4. The Bertz CT molecular complexity index is 1070. The first-order valence-corrected chi connectivity index (χ1v) is 9.42. The Kier molecular flexibility index (Phi) is 5.16. The van der Waals surface area contributed by atoms with Crippen molar-refractivity contribution in [2.75, 3.05) is 13.7 Å². The van der Waals surface area contributed by atoms with Crippen molar-refractivity contribution in [2.45, 2.75) is 6.10 Å². The average Bonchev–Trinajstić information content (AvgIpc) is 2.72. The first kappa shape index (κ1) is 18.3.